The number of esters is 1. The van der Waals surface area contributed by atoms with Gasteiger partial charge in [0.1, 0.15) is 5.75 Å². The van der Waals surface area contributed by atoms with Crippen LogP contribution in [0.15, 0.2) is 36.4 Å². The third kappa shape index (κ3) is 3.89. The molecule has 0 heterocycles. The Morgan fingerprint density at radius 3 is 2.31 bits per heavy atom. The zero-order valence-electron chi connectivity index (χ0n) is 10.1. The highest BCUT2D eigenvalue weighted by Gasteiger charge is 2.05. The van der Waals surface area contributed by atoms with Crippen molar-refractivity contribution >= 4 is 5.97 Å². The third-order valence-electron chi connectivity index (χ3n) is 2.13. The van der Waals surface area contributed by atoms with Crippen LogP contribution < -0.4 is 4.74 Å². The summed E-state index contributed by atoms with van der Waals surface area (Å²) in [5.74, 6) is 0.820. The Bertz CT molecular complexity index is 374. The Morgan fingerprint density at radius 2 is 1.88 bits per heavy atom. The number of hydrogen-bond acceptors (Lipinski definition) is 2. The molecule has 1 aromatic rings. The fourth-order valence-electron chi connectivity index (χ4n) is 1.36. The van der Waals surface area contributed by atoms with Gasteiger partial charge >= 0.3 is 5.97 Å². The number of ether oxygens (including phenoxy) is 1. The van der Waals surface area contributed by atoms with Gasteiger partial charge in [0.05, 0.1) is 0 Å². The highest BCUT2D eigenvalue weighted by molar-refractivity contribution is 5.88. The van der Waals surface area contributed by atoms with Gasteiger partial charge in [0.2, 0.25) is 0 Å². The summed E-state index contributed by atoms with van der Waals surface area (Å²) in [7, 11) is 0. The molecule has 0 saturated heterocycles. The Hall–Kier alpha value is -1.57. The molecule has 0 aliphatic carbocycles. The quantitative estimate of drug-likeness (QED) is 0.440. The lowest BCUT2D eigenvalue weighted by atomic mass is 10.0. The van der Waals surface area contributed by atoms with E-state index in [1.165, 1.54) is 5.56 Å². The molecule has 0 aliphatic rings. The van der Waals surface area contributed by atoms with Crippen LogP contribution in [0.3, 0.4) is 0 Å². The van der Waals surface area contributed by atoms with E-state index in [1.54, 1.807) is 6.92 Å². The topological polar surface area (TPSA) is 26.3 Å². The fourth-order valence-corrected chi connectivity index (χ4v) is 1.36. The van der Waals surface area contributed by atoms with Gasteiger partial charge in [0.25, 0.3) is 0 Å². The van der Waals surface area contributed by atoms with Crippen LogP contribution in [-0.2, 0) is 11.2 Å². The van der Waals surface area contributed by atoms with Crippen LogP contribution >= 0.6 is 0 Å². The fraction of sp³-hybridized carbons (Fsp3) is 0.357. The van der Waals surface area contributed by atoms with Crippen molar-refractivity contribution in [3.8, 4) is 5.75 Å². The standard InChI is InChI=1S/C14H18O2/c1-10(2)9-12-5-7-13(8-6-12)16-14(15)11(3)4/h5-8,10H,3,9H2,1-2,4H3. The number of benzene rings is 1. The van der Waals surface area contributed by atoms with E-state index in [9.17, 15) is 4.79 Å². The molecule has 1 aromatic carbocycles. The summed E-state index contributed by atoms with van der Waals surface area (Å²) in [6, 6.07) is 7.61. The van der Waals surface area contributed by atoms with E-state index in [2.05, 4.69) is 20.4 Å². The van der Waals surface area contributed by atoms with E-state index < -0.39 is 0 Å². The Kier molecular flexibility index (Phi) is 4.29. The van der Waals surface area contributed by atoms with E-state index in [-0.39, 0.29) is 5.97 Å². The summed E-state index contributed by atoms with van der Waals surface area (Å²) in [6.45, 7) is 9.52. The van der Waals surface area contributed by atoms with Crippen LogP contribution in [0, 0.1) is 5.92 Å². The number of rotatable bonds is 4. The zero-order chi connectivity index (χ0) is 12.1. The van der Waals surface area contributed by atoms with E-state index in [0.29, 0.717) is 17.2 Å². The highest BCUT2D eigenvalue weighted by atomic mass is 16.5. The minimum Gasteiger partial charge on any atom is -0.423 e. The molecule has 2 nitrogen and oxygen atoms in total. The van der Waals surface area contributed by atoms with Crippen LogP contribution in [0.2, 0.25) is 0 Å². The van der Waals surface area contributed by atoms with Gasteiger partial charge in [-0.2, -0.15) is 0 Å². The van der Waals surface area contributed by atoms with Crippen molar-refractivity contribution in [3.05, 3.63) is 42.0 Å². The van der Waals surface area contributed by atoms with Gasteiger partial charge in [0, 0.05) is 5.57 Å². The first-order chi connectivity index (χ1) is 7.49. The van der Waals surface area contributed by atoms with Gasteiger partial charge in [0.15, 0.2) is 0 Å². The second-order valence-corrected chi connectivity index (χ2v) is 4.41. The monoisotopic (exact) mass is 218 g/mol. The molecule has 0 aliphatic heterocycles. The predicted octanol–water partition coefficient (Wildman–Crippen LogP) is 3.37. The summed E-state index contributed by atoms with van der Waals surface area (Å²) in [6.07, 6.45) is 1.04. The number of carbonyl (C=O) groups excluding carboxylic acids is 1. The van der Waals surface area contributed by atoms with Crippen LogP contribution in [-0.4, -0.2) is 5.97 Å². The summed E-state index contributed by atoms with van der Waals surface area (Å²) >= 11 is 0. The first-order valence-corrected chi connectivity index (χ1v) is 5.45. The molecule has 0 fully saturated rings. The van der Waals surface area contributed by atoms with Gasteiger partial charge in [-0.05, 0) is 37.0 Å². The van der Waals surface area contributed by atoms with Crippen LogP contribution in [0.5, 0.6) is 5.75 Å². The smallest absolute Gasteiger partial charge is 0.338 e. The lowest BCUT2D eigenvalue weighted by molar-refractivity contribution is -0.130. The lowest BCUT2D eigenvalue weighted by Crippen LogP contribution is -2.08. The molecule has 0 radical (unpaired) electrons. The summed E-state index contributed by atoms with van der Waals surface area (Å²) in [5, 5.41) is 0. The second-order valence-electron chi connectivity index (χ2n) is 4.41. The first-order valence-electron chi connectivity index (χ1n) is 5.45. The molecular formula is C14H18O2. The van der Waals surface area contributed by atoms with Crippen molar-refractivity contribution in [2.75, 3.05) is 0 Å². The van der Waals surface area contributed by atoms with Gasteiger partial charge in [-0.3, -0.25) is 0 Å². The molecule has 0 unspecified atom stereocenters. The molecule has 0 spiro atoms. The predicted molar refractivity (Wildman–Crippen MR) is 65.4 cm³/mol. The van der Waals surface area contributed by atoms with Crippen molar-refractivity contribution in [1.82, 2.24) is 0 Å². The lowest BCUT2D eigenvalue weighted by Gasteiger charge is -2.07. The van der Waals surface area contributed by atoms with Gasteiger partial charge in [-0.25, -0.2) is 4.79 Å². The summed E-state index contributed by atoms with van der Waals surface area (Å²) < 4.78 is 5.10. The Balaban J connectivity index is 2.64. The molecule has 0 saturated carbocycles. The number of hydrogen-bond donors (Lipinski definition) is 0. The average molecular weight is 218 g/mol. The maximum atomic E-state index is 11.3. The van der Waals surface area contributed by atoms with Crippen molar-refractivity contribution in [3.63, 3.8) is 0 Å². The summed E-state index contributed by atoms with van der Waals surface area (Å²) in [4.78, 5) is 11.3. The maximum absolute atomic E-state index is 11.3. The average Bonchev–Trinajstić information content (AvgIpc) is 2.20. The first kappa shape index (κ1) is 12.5. The SMILES string of the molecule is C=C(C)C(=O)Oc1ccc(CC(C)C)cc1. The van der Waals surface area contributed by atoms with Crippen LogP contribution in [0.25, 0.3) is 0 Å². The Morgan fingerprint density at radius 1 is 1.31 bits per heavy atom. The molecule has 0 N–H and O–H groups in total. The minimum absolute atomic E-state index is 0.378. The molecule has 1 rings (SSSR count). The van der Waals surface area contributed by atoms with Gasteiger partial charge < -0.3 is 4.74 Å². The van der Waals surface area contributed by atoms with Gasteiger partial charge in [-0.15, -0.1) is 0 Å². The third-order valence-corrected chi connectivity index (χ3v) is 2.13. The highest BCUT2D eigenvalue weighted by Crippen LogP contribution is 2.15. The molecule has 0 atom stereocenters. The molecule has 0 bridgehead atoms. The van der Waals surface area contributed by atoms with Gasteiger partial charge in [-0.1, -0.05) is 32.6 Å². The largest absolute Gasteiger partial charge is 0.423 e. The van der Waals surface area contributed by atoms with E-state index >= 15 is 0 Å². The normalized spacial score (nSPS) is 10.2. The minimum atomic E-state index is -0.378. The van der Waals surface area contributed by atoms with E-state index in [1.807, 2.05) is 24.3 Å². The van der Waals surface area contributed by atoms with Crippen LogP contribution in [0.1, 0.15) is 26.3 Å². The van der Waals surface area contributed by atoms with Crippen molar-refractivity contribution in [2.45, 2.75) is 27.2 Å². The van der Waals surface area contributed by atoms with Crippen LogP contribution in [0.4, 0.5) is 0 Å². The molecule has 2 heteroatoms. The van der Waals surface area contributed by atoms with E-state index in [0.717, 1.165) is 6.42 Å². The zero-order valence-corrected chi connectivity index (χ0v) is 10.1. The van der Waals surface area contributed by atoms with E-state index in [4.69, 9.17) is 4.74 Å². The molecule has 0 aromatic heterocycles. The molecule has 0 amide bonds. The Labute approximate surface area is 96.9 Å². The molecule has 86 valence electrons. The number of carbonyl (C=O) groups is 1. The second kappa shape index (κ2) is 5.50. The molecular weight excluding hydrogens is 200 g/mol. The van der Waals surface area contributed by atoms with Crippen molar-refractivity contribution in [1.29, 1.82) is 0 Å². The maximum Gasteiger partial charge on any atom is 0.338 e. The van der Waals surface area contributed by atoms with Crippen molar-refractivity contribution < 1.29 is 9.53 Å². The van der Waals surface area contributed by atoms with Crippen molar-refractivity contribution in [2.24, 2.45) is 5.92 Å². The summed E-state index contributed by atoms with van der Waals surface area (Å²) in [5.41, 5.74) is 1.66. The molecule has 16 heavy (non-hydrogen) atoms.